The monoisotopic (exact) mass is 466 g/mol. The fourth-order valence-electron chi connectivity index (χ4n) is 3.95. The fraction of sp³-hybridized carbons (Fsp3) is 0.160. The van der Waals surface area contributed by atoms with Crippen molar-refractivity contribution in [2.45, 2.75) is 18.9 Å². The number of alkyl carbamates (subject to hydrolysis) is 1. The first kappa shape index (κ1) is 22.9. The molecule has 0 heterocycles. The van der Waals surface area contributed by atoms with E-state index >= 15 is 0 Å². The molecule has 0 saturated carbocycles. The smallest absolute Gasteiger partial charge is 0.407 e. The van der Waals surface area contributed by atoms with Crippen LogP contribution in [-0.4, -0.2) is 35.7 Å². The Morgan fingerprint density at radius 1 is 0.971 bits per heavy atom. The third-order valence-electron chi connectivity index (χ3n) is 5.62. The van der Waals surface area contributed by atoms with Gasteiger partial charge in [-0.25, -0.2) is 18.4 Å². The van der Waals surface area contributed by atoms with Gasteiger partial charge in [0, 0.05) is 12.0 Å². The van der Waals surface area contributed by atoms with Gasteiger partial charge in [0.05, 0.1) is 11.3 Å². The molecule has 3 aromatic carbocycles. The summed E-state index contributed by atoms with van der Waals surface area (Å²) >= 11 is 0. The molecule has 0 aromatic heterocycles. The lowest BCUT2D eigenvalue weighted by atomic mass is 9.98. The Bertz CT molecular complexity index is 1250. The molecule has 3 aromatic rings. The molecule has 34 heavy (non-hydrogen) atoms. The van der Waals surface area contributed by atoms with E-state index < -0.39 is 46.9 Å². The SMILES string of the molecule is CC(NC(=O)OCC1c2ccccc2-c2ccccc21)C(=O)Nc1cc(F)c(F)cc1C(=O)O. The second-order valence-electron chi connectivity index (χ2n) is 7.80. The maximum Gasteiger partial charge on any atom is 0.407 e. The summed E-state index contributed by atoms with van der Waals surface area (Å²) in [5.41, 5.74) is 3.14. The van der Waals surface area contributed by atoms with Crippen LogP contribution >= 0.6 is 0 Å². The lowest BCUT2D eigenvalue weighted by molar-refractivity contribution is -0.117. The van der Waals surface area contributed by atoms with Gasteiger partial charge in [-0.1, -0.05) is 48.5 Å². The standard InChI is InChI=1S/C25H20F2N2O5/c1-13(23(30)29-22-11-21(27)20(26)10-18(22)24(31)32)28-25(33)34-12-19-16-8-4-2-6-14(16)15-7-3-5-9-17(15)19/h2-11,13,19H,12H2,1H3,(H,28,33)(H,29,30)(H,31,32). The van der Waals surface area contributed by atoms with Crippen LogP contribution in [-0.2, 0) is 9.53 Å². The fourth-order valence-corrected chi connectivity index (χ4v) is 3.95. The molecule has 1 aliphatic carbocycles. The van der Waals surface area contributed by atoms with Crippen molar-refractivity contribution in [3.05, 3.63) is 89.0 Å². The van der Waals surface area contributed by atoms with Crippen molar-refractivity contribution in [3.63, 3.8) is 0 Å². The summed E-state index contributed by atoms with van der Waals surface area (Å²) in [7, 11) is 0. The molecule has 7 nitrogen and oxygen atoms in total. The molecule has 0 fully saturated rings. The summed E-state index contributed by atoms with van der Waals surface area (Å²) in [4.78, 5) is 36.0. The summed E-state index contributed by atoms with van der Waals surface area (Å²) < 4.78 is 32.3. The van der Waals surface area contributed by atoms with Crippen molar-refractivity contribution < 1.29 is 33.0 Å². The molecule has 174 valence electrons. The van der Waals surface area contributed by atoms with Gasteiger partial charge < -0.3 is 20.5 Å². The molecule has 2 amide bonds. The Morgan fingerprint density at radius 2 is 1.53 bits per heavy atom. The number of halogens is 2. The van der Waals surface area contributed by atoms with Crippen LogP contribution in [0.2, 0.25) is 0 Å². The zero-order valence-electron chi connectivity index (χ0n) is 18.0. The number of amides is 2. The van der Waals surface area contributed by atoms with Gasteiger partial charge in [0.15, 0.2) is 11.6 Å². The van der Waals surface area contributed by atoms with Crippen LogP contribution < -0.4 is 10.6 Å². The van der Waals surface area contributed by atoms with Crippen molar-refractivity contribution in [2.75, 3.05) is 11.9 Å². The molecular weight excluding hydrogens is 446 g/mol. The average Bonchev–Trinajstić information content (AvgIpc) is 3.13. The highest BCUT2D eigenvalue weighted by molar-refractivity contribution is 6.02. The van der Waals surface area contributed by atoms with E-state index in [1.165, 1.54) is 6.92 Å². The molecule has 1 atom stereocenters. The second kappa shape index (κ2) is 9.30. The highest BCUT2D eigenvalue weighted by atomic mass is 19.2. The summed E-state index contributed by atoms with van der Waals surface area (Å²) in [5.74, 6) is -5.23. The zero-order chi connectivity index (χ0) is 24.4. The molecule has 9 heteroatoms. The van der Waals surface area contributed by atoms with E-state index in [4.69, 9.17) is 9.84 Å². The lowest BCUT2D eigenvalue weighted by Crippen LogP contribution is -2.42. The largest absolute Gasteiger partial charge is 0.478 e. The first-order valence-corrected chi connectivity index (χ1v) is 10.4. The minimum atomic E-state index is -1.55. The van der Waals surface area contributed by atoms with Crippen LogP contribution in [0.4, 0.5) is 19.3 Å². The predicted octanol–water partition coefficient (Wildman–Crippen LogP) is 4.53. The average molecular weight is 466 g/mol. The number of aromatic carboxylic acids is 1. The Hall–Kier alpha value is -4.27. The van der Waals surface area contributed by atoms with Gasteiger partial charge in [-0.05, 0) is 35.2 Å². The third-order valence-corrected chi connectivity index (χ3v) is 5.62. The number of hydrogen-bond donors (Lipinski definition) is 3. The van der Waals surface area contributed by atoms with Crippen molar-refractivity contribution in [3.8, 4) is 11.1 Å². The normalized spacial score (nSPS) is 12.9. The minimum absolute atomic E-state index is 0.0422. The number of rotatable bonds is 6. The maximum atomic E-state index is 13.5. The number of carboxylic acid groups (broad SMARTS) is 1. The molecule has 0 radical (unpaired) electrons. The molecule has 0 saturated heterocycles. The van der Waals surface area contributed by atoms with Crippen LogP contribution in [0.5, 0.6) is 0 Å². The van der Waals surface area contributed by atoms with Gasteiger partial charge in [0.25, 0.3) is 0 Å². The Balaban J connectivity index is 1.39. The number of benzene rings is 3. The second-order valence-corrected chi connectivity index (χ2v) is 7.80. The van der Waals surface area contributed by atoms with E-state index in [0.717, 1.165) is 22.3 Å². The number of nitrogens with one attached hydrogen (secondary N) is 2. The van der Waals surface area contributed by atoms with Crippen molar-refractivity contribution >= 4 is 23.7 Å². The third kappa shape index (κ3) is 4.45. The predicted molar refractivity (Wildman–Crippen MR) is 120 cm³/mol. The van der Waals surface area contributed by atoms with Crippen LogP contribution in [0.15, 0.2) is 60.7 Å². The maximum absolute atomic E-state index is 13.5. The van der Waals surface area contributed by atoms with E-state index in [-0.39, 0.29) is 12.5 Å². The Kier molecular flexibility index (Phi) is 6.27. The Labute approximate surface area is 193 Å². The number of fused-ring (bicyclic) bond motifs is 3. The molecule has 0 spiro atoms. The van der Waals surface area contributed by atoms with Crippen LogP contribution in [0, 0.1) is 11.6 Å². The number of carbonyl (C=O) groups excluding carboxylic acids is 2. The molecule has 0 bridgehead atoms. The van der Waals surface area contributed by atoms with E-state index in [1.807, 2.05) is 48.5 Å². The first-order valence-electron chi connectivity index (χ1n) is 10.4. The van der Waals surface area contributed by atoms with Crippen LogP contribution in [0.3, 0.4) is 0 Å². The topological polar surface area (TPSA) is 105 Å². The summed E-state index contributed by atoms with van der Waals surface area (Å²) in [6.45, 7) is 1.39. The zero-order valence-corrected chi connectivity index (χ0v) is 18.0. The quantitative estimate of drug-likeness (QED) is 0.495. The van der Waals surface area contributed by atoms with E-state index in [0.29, 0.717) is 12.1 Å². The number of anilines is 1. The van der Waals surface area contributed by atoms with Crippen LogP contribution in [0.1, 0.15) is 34.3 Å². The number of ether oxygens (including phenoxy) is 1. The van der Waals surface area contributed by atoms with E-state index in [2.05, 4.69) is 10.6 Å². The Morgan fingerprint density at radius 3 is 2.12 bits per heavy atom. The van der Waals surface area contributed by atoms with Gasteiger partial charge >= 0.3 is 12.1 Å². The van der Waals surface area contributed by atoms with E-state index in [9.17, 15) is 23.2 Å². The van der Waals surface area contributed by atoms with E-state index in [1.54, 1.807) is 0 Å². The van der Waals surface area contributed by atoms with Gasteiger partial charge in [0.1, 0.15) is 12.6 Å². The van der Waals surface area contributed by atoms with Gasteiger partial charge in [-0.2, -0.15) is 0 Å². The summed E-state index contributed by atoms with van der Waals surface area (Å²) in [6, 6.07) is 15.5. The van der Waals surface area contributed by atoms with Gasteiger partial charge in [-0.15, -0.1) is 0 Å². The first-order chi connectivity index (χ1) is 16.3. The van der Waals surface area contributed by atoms with Gasteiger partial charge in [0.2, 0.25) is 5.91 Å². The minimum Gasteiger partial charge on any atom is -0.478 e. The summed E-state index contributed by atoms with van der Waals surface area (Å²) in [6.07, 6.45) is -0.853. The summed E-state index contributed by atoms with van der Waals surface area (Å²) in [5, 5.41) is 13.7. The highest BCUT2D eigenvalue weighted by Gasteiger charge is 2.29. The van der Waals surface area contributed by atoms with Crippen molar-refractivity contribution in [1.29, 1.82) is 0 Å². The molecule has 4 rings (SSSR count). The van der Waals surface area contributed by atoms with Crippen molar-refractivity contribution in [1.82, 2.24) is 5.32 Å². The molecule has 1 unspecified atom stereocenters. The van der Waals surface area contributed by atoms with Gasteiger partial charge in [-0.3, -0.25) is 4.79 Å². The molecular formula is C25H20F2N2O5. The molecule has 1 aliphatic rings. The lowest BCUT2D eigenvalue weighted by Gasteiger charge is -2.17. The molecule has 3 N–H and O–H groups in total. The number of carboxylic acids is 1. The highest BCUT2D eigenvalue weighted by Crippen LogP contribution is 2.44. The molecule has 0 aliphatic heterocycles. The van der Waals surface area contributed by atoms with Crippen LogP contribution in [0.25, 0.3) is 11.1 Å². The number of hydrogen-bond acceptors (Lipinski definition) is 4. The van der Waals surface area contributed by atoms with Crippen molar-refractivity contribution in [2.24, 2.45) is 0 Å². The number of carbonyl (C=O) groups is 3.